The van der Waals surface area contributed by atoms with E-state index in [4.69, 9.17) is 0 Å². The summed E-state index contributed by atoms with van der Waals surface area (Å²) in [5, 5.41) is 5.96. The van der Waals surface area contributed by atoms with Crippen LogP contribution in [0.3, 0.4) is 0 Å². The molecule has 0 radical (unpaired) electrons. The second kappa shape index (κ2) is 8.86. The van der Waals surface area contributed by atoms with Crippen LogP contribution in [-0.4, -0.2) is 26.6 Å². The van der Waals surface area contributed by atoms with Gasteiger partial charge >= 0.3 is 5.76 Å². The van der Waals surface area contributed by atoms with Crippen molar-refractivity contribution in [2.24, 2.45) is 0 Å². The Hall–Kier alpha value is -2.32. The number of hydrogen-bond acceptors (Lipinski definition) is 4. The topological polar surface area (TPSA) is 75.3 Å². The quantitative estimate of drug-likeness (QED) is 0.736. The van der Waals surface area contributed by atoms with E-state index in [0.717, 1.165) is 24.2 Å². The van der Waals surface area contributed by atoms with Crippen LogP contribution in [0.5, 0.6) is 0 Å². The van der Waals surface area contributed by atoms with Crippen LogP contribution in [0.4, 0.5) is 14.5 Å². The van der Waals surface area contributed by atoms with Crippen LogP contribution in [0.25, 0.3) is 0 Å². The molecule has 0 aliphatic carbocycles. The monoisotopic (exact) mass is 382 g/mol. The smallest absolute Gasteiger partial charge is 0.326 e. The van der Waals surface area contributed by atoms with Crippen LogP contribution in [0.15, 0.2) is 53.4 Å². The van der Waals surface area contributed by atoms with Crippen LogP contribution in [-0.2, 0) is 27.6 Å². The van der Waals surface area contributed by atoms with Crippen molar-refractivity contribution in [2.45, 2.75) is 30.5 Å². The molecular formula is C18H20F2N2O3S. The molecule has 0 saturated carbocycles. The lowest BCUT2D eigenvalue weighted by Gasteiger charge is -2.09. The highest BCUT2D eigenvalue weighted by Gasteiger charge is 2.26. The average Bonchev–Trinajstić information content (AvgIpc) is 2.60. The molecule has 0 heterocycles. The molecule has 2 aromatic rings. The minimum absolute atomic E-state index is 0.00639. The highest BCUT2D eigenvalue weighted by Crippen LogP contribution is 2.19. The van der Waals surface area contributed by atoms with E-state index in [9.17, 15) is 22.0 Å². The number of alkyl halides is 2. The Labute approximate surface area is 151 Å². The number of hydrogen-bond donors (Lipinski definition) is 2. The molecule has 0 saturated heterocycles. The normalized spacial score (nSPS) is 11.5. The third-order valence-electron chi connectivity index (χ3n) is 3.64. The molecule has 8 heteroatoms. The molecule has 0 unspecified atom stereocenters. The standard InChI is InChI=1S/C18H20F2N2O3S/c1-2-21-12-14-4-3-5-15(10-14)22-17(23)11-13-6-8-16(9-7-13)26(24,25)18(19)20/h3-10,18,21H,2,11-12H2,1H3,(H,22,23). The molecule has 26 heavy (non-hydrogen) atoms. The second-order valence-electron chi connectivity index (χ2n) is 5.66. The summed E-state index contributed by atoms with van der Waals surface area (Å²) in [6, 6.07) is 12.3. The molecule has 0 aliphatic rings. The average molecular weight is 382 g/mol. The fourth-order valence-electron chi connectivity index (χ4n) is 2.32. The van der Waals surface area contributed by atoms with E-state index < -0.39 is 20.5 Å². The van der Waals surface area contributed by atoms with Crippen LogP contribution in [0.2, 0.25) is 0 Å². The number of carbonyl (C=O) groups is 1. The van der Waals surface area contributed by atoms with Crippen LogP contribution >= 0.6 is 0 Å². The van der Waals surface area contributed by atoms with Gasteiger partial charge in [0.1, 0.15) is 0 Å². The molecule has 1 amide bonds. The van der Waals surface area contributed by atoms with Gasteiger partial charge in [-0.2, -0.15) is 8.78 Å². The zero-order valence-electron chi connectivity index (χ0n) is 14.2. The summed E-state index contributed by atoms with van der Waals surface area (Å²) in [6.45, 7) is 3.54. The highest BCUT2D eigenvalue weighted by atomic mass is 32.2. The van der Waals surface area contributed by atoms with Crippen molar-refractivity contribution in [1.29, 1.82) is 0 Å². The van der Waals surface area contributed by atoms with Gasteiger partial charge in [-0.3, -0.25) is 4.79 Å². The lowest BCUT2D eigenvalue weighted by atomic mass is 10.1. The Morgan fingerprint density at radius 1 is 1.08 bits per heavy atom. The van der Waals surface area contributed by atoms with E-state index in [1.54, 1.807) is 6.07 Å². The largest absolute Gasteiger partial charge is 0.341 e. The van der Waals surface area contributed by atoms with Gasteiger partial charge in [0, 0.05) is 12.2 Å². The zero-order chi connectivity index (χ0) is 19.2. The Morgan fingerprint density at radius 3 is 2.38 bits per heavy atom. The highest BCUT2D eigenvalue weighted by molar-refractivity contribution is 7.91. The fraction of sp³-hybridized carbons (Fsp3) is 0.278. The summed E-state index contributed by atoms with van der Waals surface area (Å²) in [5.41, 5.74) is 2.22. The van der Waals surface area contributed by atoms with Gasteiger partial charge in [-0.1, -0.05) is 31.2 Å². The van der Waals surface area contributed by atoms with Crippen LogP contribution in [0.1, 0.15) is 18.1 Å². The summed E-state index contributed by atoms with van der Waals surface area (Å²) in [5.74, 6) is -3.75. The third kappa shape index (κ3) is 5.34. The summed E-state index contributed by atoms with van der Waals surface area (Å²) >= 11 is 0. The van der Waals surface area contributed by atoms with E-state index >= 15 is 0 Å². The number of anilines is 1. The van der Waals surface area contributed by atoms with Gasteiger partial charge in [0.05, 0.1) is 11.3 Å². The van der Waals surface area contributed by atoms with Crippen molar-refractivity contribution in [3.8, 4) is 0 Å². The summed E-state index contributed by atoms with van der Waals surface area (Å²) in [4.78, 5) is 11.7. The van der Waals surface area contributed by atoms with Gasteiger partial charge < -0.3 is 10.6 Å². The first-order valence-electron chi connectivity index (χ1n) is 8.03. The molecule has 0 fully saturated rings. The summed E-state index contributed by atoms with van der Waals surface area (Å²) < 4.78 is 47.8. The van der Waals surface area contributed by atoms with E-state index in [0.29, 0.717) is 17.8 Å². The third-order valence-corrected chi connectivity index (χ3v) is 5.04. The van der Waals surface area contributed by atoms with Crippen LogP contribution < -0.4 is 10.6 Å². The molecular weight excluding hydrogens is 362 g/mol. The summed E-state index contributed by atoms with van der Waals surface area (Å²) in [6.07, 6.45) is 0.00639. The molecule has 0 spiro atoms. The van der Waals surface area contributed by atoms with Crippen molar-refractivity contribution in [1.82, 2.24) is 5.32 Å². The molecule has 2 N–H and O–H groups in total. The number of rotatable bonds is 8. The first-order valence-corrected chi connectivity index (χ1v) is 9.58. The number of halogens is 2. The maximum atomic E-state index is 12.5. The van der Waals surface area contributed by atoms with E-state index in [2.05, 4.69) is 10.6 Å². The minimum atomic E-state index is -4.62. The Kier molecular flexibility index (Phi) is 6.82. The number of amides is 1. The second-order valence-corrected chi connectivity index (χ2v) is 7.57. The van der Waals surface area contributed by atoms with Crippen molar-refractivity contribution >= 4 is 21.4 Å². The molecule has 2 aromatic carbocycles. The number of benzene rings is 2. The number of sulfone groups is 1. The molecule has 0 bridgehead atoms. The number of carbonyl (C=O) groups excluding carboxylic acids is 1. The summed E-state index contributed by atoms with van der Waals surface area (Å²) in [7, 11) is -4.62. The molecule has 140 valence electrons. The minimum Gasteiger partial charge on any atom is -0.326 e. The lowest BCUT2D eigenvalue weighted by Crippen LogP contribution is -2.16. The van der Waals surface area contributed by atoms with Gasteiger partial charge in [-0.25, -0.2) is 8.42 Å². The maximum Gasteiger partial charge on any atom is 0.341 e. The van der Waals surface area contributed by atoms with Gasteiger partial charge in [-0.15, -0.1) is 0 Å². The molecule has 2 rings (SSSR count). The van der Waals surface area contributed by atoms with E-state index in [-0.39, 0.29) is 12.3 Å². The first-order chi connectivity index (χ1) is 12.3. The SMILES string of the molecule is CCNCc1cccc(NC(=O)Cc2ccc(S(=O)(=O)C(F)F)cc2)c1. The first kappa shape index (κ1) is 20.0. The van der Waals surface area contributed by atoms with E-state index in [1.165, 1.54) is 12.1 Å². The number of nitrogens with one attached hydrogen (secondary N) is 2. The molecule has 0 atom stereocenters. The van der Waals surface area contributed by atoms with E-state index in [1.807, 2.05) is 25.1 Å². The van der Waals surface area contributed by atoms with Crippen molar-refractivity contribution in [3.05, 3.63) is 59.7 Å². The predicted molar refractivity (Wildman–Crippen MR) is 95.8 cm³/mol. The van der Waals surface area contributed by atoms with Gasteiger partial charge in [0.2, 0.25) is 15.7 Å². The van der Waals surface area contributed by atoms with Gasteiger partial charge in [-0.05, 0) is 41.9 Å². The molecule has 0 aromatic heterocycles. The zero-order valence-corrected chi connectivity index (χ0v) is 15.0. The lowest BCUT2D eigenvalue weighted by molar-refractivity contribution is -0.115. The van der Waals surface area contributed by atoms with Crippen molar-refractivity contribution in [2.75, 3.05) is 11.9 Å². The van der Waals surface area contributed by atoms with Crippen molar-refractivity contribution in [3.63, 3.8) is 0 Å². The molecule has 5 nitrogen and oxygen atoms in total. The van der Waals surface area contributed by atoms with Crippen molar-refractivity contribution < 1.29 is 22.0 Å². The molecule has 0 aliphatic heterocycles. The van der Waals surface area contributed by atoms with Gasteiger partial charge in [0.15, 0.2) is 0 Å². The Bertz CT molecular complexity index is 853. The Morgan fingerprint density at radius 2 is 1.77 bits per heavy atom. The van der Waals surface area contributed by atoms with Crippen LogP contribution in [0, 0.1) is 0 Å². The predicted octanol–water partition coefficient (Wildman–Crippen LogP) is 2.97. The fourth-order valence-corrected chi connectivity index (χ4v) is 3.04. The van der Waals surface area contributed by atoms with Gasteiger partial charge in [0.25, 0.3) is 0 Å². The maximum absolute atomic E-state index is 12.5. The Balaban J connectivity index is 2.00.